The van der Waals surface area contributed by atoms with E-state index in [0.717, 1.165) is 53.8 Å². The Balaban J connectivity index is 1.66. The van der Waals surface area contributed by atoms with Gasteiger partial charge in [-0.1, -0.05) is 6.58 Å². The van der Waals surface area contributed by atoms with E-state index in [1.807, 2.05) is 6.92 Å². The molecular formula is C23H19F3O4. The normalized spacial score (nSPS) is 20.4. The summed E-state index contributed by atoms with van der Waals surface area (Å²) in [4.78, 5) is 24.5. The maximum absolute atomic E-state index is 12.7. The van der Waals surface area contributed by atoms with Crippen LogP contribution < -0.4 is 4.74 Å². The molecule has 2 aromatic carbocycles. The lowest BCUT2D eigenvalue weighted by Gasteiger charge is -2.30. The van der Waals surface area contributed by atoms with Gasteiger partial charge in [-0.25, -0.2) is 9.59 Å². The molecule has 1 aliphatic carbocycles. The van der Waals surface area contributed by atoms with Crippen LogP contribution in [0.25, 0.3) is 0 Å². The number of esters is 2. The van der Waals surface area contributed by atoms with Crippen molar-refractivity contribution in [2.75, 3.05) is 0 Å². The number of carbonyl (C=O) groups is 2. The van der Waals surface area contributed by atoms with Crippen LogP contribution in [0.4, 0.5) is 13.2 Å². The van der Waals surface area contributed by atoms with Crippen molar-refractivity contribution in [2.24, 2.45) is 5.92 Å². The number of alkyl halides is 3. The number of hydrogen-bond donors (Lipinski definition) is 0. The lowest BCUT2D eigenvalue weighted by Crippen LogP contribution is -2.21. The third-order valence-electron chi connectivity index (χ3n) is 5.87. The molecule has 156 valence electrons. The molecule has 0 bridgehead atoms. The van der Waals surface area contributed by atoms with E-state index >= 15 is 0 Å². The maximum atomic E-state index is 12.7. The second-order valence-electron chi connectivity index (χ2n) is 7.67. The number of halogens is 3. The van der Waals surface area contributed by atoms with E-state index in [1.54, 1.807) is 13.0 Å². The second-order valence-corrected chi connectivity index (χ2v) is 7.67. The third kappa shape index (κ3) is 3.28. The largest absolute Gasteiger partial charge is 0.453 e. The predicted molar refractivity (Wildman–Crippen MR) is 102 cm³/mol. The van der Waals surface area contributed by atoms with Crippen molar-refractivity contribution in [1.82, 2.24) is 0 Å². The second kappa shape index (κ2) is 7.00. The molecule has 2 aliphatic rings. The standard InChI is InChI=1S/C23H19F3O4/c1-11-10-18(29-22(28)14-4-6-15(7-5-14)23(24,25)26)13(3)19-16(11)8-9-17-12(2)21(27)30-20(17)19/h4-7,10,17,20H,2,8-9H2,1,3H3. The number of rotatable bonds is 2. The van der Waals surface area contributed by atoms with E-state index in [0.29, 0.717) is 16.9 Å². The molecule has 0 amide bonds. The minimum atomic E-state index is -4.48. The Bertz CT molecular complexity index is 1070. The molecule has 0 radical (unpaired) electrons. The van der Waals surface area contributed by atoms with Crippen LogP contribution in [-0.2, 0) is 22.1 Å². The Morgan fingerprint density at radius 2 is 1.87 bits per heavy atom. The van der Waals surface area contributed by atoms with Crippen LogP contribution in [0.2, 0.25) is 0 Å². The van der Waals surface area contributed by atoms with E-state index in [9.17, 15) is 22.8 Å². The summed E-state index contributed by atoms with van der Waals surface area (Å²) in [5.74, 6) is -0.984. The number of hydrogen-bond acceptors (Lipinski definition) is 4. The Morgan fingerprint density at radius 3 is 2.50 bits per heavy atom. The summed E-state index contributed by atoms with van der Waals surface area (Å²) in [7, 11) is 0. The monoisotopic (exact) mass is 416 g/mol. The molecule has 2 atom stereocenters. The summed E-state index contributed by atoms with van der Waals surface area (Å²) in [5.41, 5.74) is 3.09. The van der Waals surface area contributed by atoms with E-state index in [-0.39, 0.29) is 11.5 Å². The molecule has 1 saturated heterocycles. The molecule has 0 spiro atoms. The van der Waals surface area contributed by atoms with Gasteiger partial charge in [0.15, 0.2) is 0 Å². The minimum Gasteiger partial charge on any atom is -0.453 e. The van der Waals surface area contributed by atoms with E-state index < -0.39 is 29.8 Å². The van der Waals surface area contributed by atoms with Crippen LogP contribution in [0.5, 0.6) is 5.75 Å². The molecule has 2 unspecified atom stereocenters. The first-order chi connectivity index (χ1) is 14.1. The summed E-state index contributed by atoms with van der Waals surface area (Å²) < 4.78 is 49.3. The Kier molecular flexibility index (Phi) is 4.71. The first kappa shape index (κ1) is 20.2. The molecule has 2 aromatic rings. The smallest absolute Gasteiger partial charge is 0.416 e. The number of aryl methyl sites for hydroxylation is 1. The summed E-state index contributed by atoms with van der Waals surface area (Å²) in [6.07, 6.45) is -3.43. The zero-order chi connectivity index (χ0) is 21.8. The topological polar surface area (TPSA) is 52.6 Å². The van der Waals surface area contributed by atoms with Crippen LogP contribution in [0.1, 0.15) is 50.7 Å². The average molecular weight is 416 g/mol. The molecule has 1 aliphatic heterocycles. The number of ether oxygens (including phenoxy) is 2. The summed E-state index contributed by atoms with van der Waals surface area (Å²) in [6, 6.07) is 5.60. The van der Waals surface area contributed by atoms with Crippen molar-refractivity contribution >= 4 is 11.9 Å². The van der Waals surface area contributed by atoms with Gasteiger partial charge in [-0.15, -0.1) is 0 Å². The zero-order valence-corrected chi connectivity index (χ0v) is 16.4. The highest BCUT2D eigenvalue weighted by Gasteiger charge is 2.44. The Hall–Kier alpha value is -3.09. The summed E-state index contributed by atoms with van der Waals surface area (Å²) in [6.45, 7) is 7.51. The summed E-state index contributed by atoms with van der Waals surface area (Å²) >= 11 is 0. The van der Waals surface area contributed by atoms with Crippen molar-refractivity contribution in [2.45, 2.75) is 39.0 Å². The van der Waals surface area contributed by atoms with Gasteiger partial charge in [0, 0.05) is 17.1 Å². The molecule has 4 nitrogen and oxygen atoms in total. The highest BCUT2D eigenvalue weighted by molar-refractivity contribution is 5.92. The van der Waals surface area contributed by atoms with Gasteiger partial charge in [0.2, 0.25) is 0 Å². The van der Waals surface area contributed by atoms with Crippen molar-refractivity contribution in [3.8, 4) is 5.75 Å². The fraction of sp³-hybridized carbons (Fsp3) is 0.304. The van der Waals surface area contributed by atoms with Crippen molar-refractivity contribution in [1.29, 1.82) is 0 Å². The first-order valence-corrected chi connectivity index (χ1v) is 9.50. The quantitative estimate of drug-likeness (QED) is 0.381. The Labute approximate surface area is 171 Å². The van der Waals surface area contributed by atoms with Crippen LogP contribution in [0.3, 0.4) is 0 Å². The van der Waals surface area contributed by atoms with Crippen LogP contribution in [0.15, 0.2) is 42.5 Å². The molecule has 1 fully saturated rings. The average Bonchev–Trinajstić information content (AvgIpc) is 2.99. The Morgan fingerprint density at radius 1 is 1.20 bits per heavy atom. The van der Waals surface area contributed by atoms with Crippen LogP contribution in [-0.4, -0.2) is 11.9 Å². The highest BCUT2D eigenvalue weighted by Crippen LogP contribution is 2.49. The van der Waals surface area contributed by atoms with Crippen molar-refractivity contribution in [3.63, 3.8) is 0 Å². The molecule has 0 saturated carbocycles. The maximum Gasteiger partial charge on any atom is 0.416 e. The van der Waals surface area contributed by atoms with E-state index in [1.165, 1.54) is 0 Å². The fourth-order valence-electron chi connectivity index (χ4n) is 4.23. The number of fused-ring (bicyclic) bond motifs is 3. The van der Waals surface area contributed by atoms with Crippen molar-refractivity contribution < 1.29 is 32.2 Å². The molecule has 0 N–H and O–H groups in total. The highest BCUT2D eigenvalue weighted by atomic mass is 19.4. The molecule has 4 rings (SSSR count). The molecule has 1 heterocycles. The van der Waals surface area contributed by atoms with Gasteiger partial charge in [-0.2, -0.15) is 13.2 Å². The summed E-state index contributed by atoms with van der Waals surface area (Å²) in [5, 5.41) is 0. The van der Waals surface area contributed by atoms with Gasteiger partial charge in [0.1, 0.15) is 11.9 Å². The van der Waals surface area contributed by atoms with Gasteiger partial charge >= 0.3 is 18.1 Å². The van der Waals surface area contributed by atoms with Crippen LogP contribution in [0, 0.1) is 19.8 Å². The zero-order valence-electron chi connectivity index (χ0n) is 16.4. The van der Waals surface area contributed by atoms with Gasteiger partial charge in [-0.3, -0.25) is 0 Å². The van der Waals surface area contributed by atoms with E-state index in [4.69, 9.17) is 9.47 Å². The van der Waals surface area contributed by atoms with Gasteiger partial charge in [0.25, 0.3) is 0 Å². The molecule has 0 aromatic heterocycles. The van der Waals surface area contributed by atoms with E-state index in [2.05, 4.69) is 6.58 Å². The number of benzene rings is 2. The lowest BCUT2D eigenvalue weighted by molar-refractivity contribution is -0.140. The molecule has 30 heavy (non-hydrogen) atoms. The minimum absolute atomic E-state index is 0.0105. The van der Waals surface area contributed by atoms with Crippen molar-refractivity contribution in [3.05, 3.63) is 75.9 Å². The molecule has 7 heteroatoms. The van der Waals surface area contributed by atoms with Gasteiger partial charge < -0.3 is 9.47 Å². The van der Waals surface area contributed by atoms with Gasteiger partial charge in [-0.05, 0) is 73.7 Å². The molecular weight excluding hydrogens is 397 g/mol. The lowest BCUT2D eigenvalue weighted by atomic mass is 9.76. The van der Waals surface area contributed by atoms with Gasteiger partial charge in [0.05, 0.1) is 11.1 Å². The van der Waals surface area contributed by atoms with Crippen LogP contribution >= 0.6 is 0 Å². The fourth-order valence-corrected chi connectivity index (χ4v) is 4.23. The first-order valence-electron chi connectivity index (χ1n) is 9.50. The SMILES string of the molecule is C=C1C(=O)OC2c3c(C)c(OC(=O)c4ccc(C(F)(F)F)cc4)cc(C)c3CCC12. The number of carbonyl (C=O) groups excluding carboxylic acids is 2. The third-order valence-corrected chi connectivity index (χ3v) is 5.87. The predicted octanol–water partition coefficient (Wildman–Crippen LogP) is 5.26.